The van der Waals surface area contributed by atoms with Crippen LogP contribution in [-0.4, -0.2) is 36.7 Å². The van der Waals surface area contributed by atoms with Gasteiger partial charge >= 0.3 is 0 Å². The lowest BCUT2D eigenvalue weighted by atomic mass is 9.98. The summed E-state index contributed by atoms with van der Waals surface area (Å²) in [6.07, 6.45) is 2.18. The molecule has 3 rings (SSSR count). The fourth-order valence-corrected chi connectivity index (χ4v) is 2.91. The normalized spacial score (nSPS) is 27.3. The first-order valence-electron chi connectivity index (χ1n) is 7.10. The second-order valence-electron chi connectivity index (χ2n) is 5.58. The molecule has 0 bridgehead atoms. The molecule has 2 heterocycles. The summed E-state index contributed by atoms with van der Waals surface area (Å²) in [6, 6.07) is 7.18. The van der Waals surface area contributed by atoms with Crippen molar-refractivity contribution in [2.24, 2.45) is 5.73 Å². The van der Waals surface area contributed by atoms with E-state index in [9.17, 15) is 0 Å². The topological polar surface area (TPSA) is 47.7 Å². The molecule has 2 aliphatic heterocycles. The maximum absolute atomic E-state index is 6.01. The number of hydrogen-bond donors (Lipinski definition) is 1. The SMILES string of the molecule is CC1CC(N)CCN1Cc1ccc2c(c1)OCCO2. The van der Waals surface area contributed by atoms with Gasteiger partial charge in [-0.25, -0.2) is 0 Å². The van der Waals surface area contributed by atoms with E-state index in [2.05, 4.69) is 24.0 Å². The van der Waals surface area contributed by atoms with E-state index in [0.717, 1.165) is 37.4 Å². The van der Waals surface area contributed by atoms with Crippen molar-refractivity contribution in [1.29, 1.82) is 0 Å². The molecule has 104 valence electrons. The highest BCUT2D eigenvalue weighted by atomic mass is 16.6. The predicted octanol–water partition coefficient (Wildman–Crippen LogP) is 1.77. The third kappa shape index (κ3) is 2.85. The molecule has 0 amide bonds. The Hall–Kier alpha value is -1.26. The molecular weight excluding hydrogens is 240 g/mol. The summed E-state index contributed by atoms with van der Waals surface area (Å²) in [5.41, 5.74) is 7.29. The van der Waals surface area contributed by atoms with E-state index in [1.54, 1.807) is 0 Å². The van der Waals surface area contributed by atoms with Crippen LogP contribution in [0.1, 0.15) is 25.3 Å². The lowest BCUT2D eigenvalue weighted by Gasteiger charge is -2.36. The highest BCUT2D eigenvalue weighted by Crippen LogP contribution is 2.31. The first-order valence-corrected chi connectivity index (χ1v) is 7.10. The average molecular weight is 262 g/mol. The van der Waals surface area contributed by atoms with Crippen LogP contribution in [0.3, 0.4) is 0 Å². The number of nitrogens with two attached hydrogens (primary N) is 1. The highest BCUT2D eigenvalue weighted by Gasteiger charge is 2.23. The maximum atomic E-state index is 6.01. The smallest absolute Gasteiger partial charge is 0.161 e. The minimum atomic E-state index is 0.367. The van der Waals surface area contributed by atoms with Crippen molar-refractivity contribution in [1.82, 2.24) is 4.90 Å². The van der Waals surface area contributed by atoms with Crippen molar-refractivity contribution in [3.63, 3.8) is 0 Å². The van der Waals surface area contributed by atoms with Crippen molar-refractivity contribution in [3.05, 3.63) is 23.8 Å². The molecule has 1 aromatic rings. The van der Waals surface area contributed by atoms with Crippen LogP contribution in [0.2, 0.25) is 0 Å². The minimum Gasteiger partial charge on any atom is -0.486 e. The molecule has 1 aromatic carbocycles. The standard InChI is InChI=1S/C15H22N2O2/c1-11-8-13(16)4-5-17(11)10-12-2-3-14-15(9-12)19-7-6-18-14/h2-3,9,11,13H,4-8,10,16H2,1H3. The summed E-state index contributed by atoms with van der Waals surface area (Å²) < 4.78 is 11.2. The van der Waals surface area contributed by atoms with Gasteiger partial charge in [-0.05, 0) is 37.5 Å². The quantitative estimate of drug-likeness (QED) is 0.882. The Labute approximate surface area is 114 Å². The number of fused-ring (bicyclic) bond motifs is 1. The average Bonchev–Trinajstić information content (AvgIpc) is 2.42. The van der Waals surface area contributed by atoms with E-state index in [4.69, 9.17) is 15.2 Å². The molecule has 19 heavy (non-hydrogen) atoms. The van der Waals surface area contributed by atoms with Crippen LogP contribution >= 0.6 is 0 Å². The third-order valence-electron chi connectivity index (χ3n) is 4.05. The lowest BCUT2D eigenvalue weighted by Crippen LogP contribution is -2.44. The first-order chi connectivity index (χ1) is 9.22. The van der Waals surface area contributed by atoms with Crippen molar-refractivity contribution in [3.8, 4) is 11.5 Å². The van der Waals surface area contributed by atoms with E-state index in [1.165, 1.54) is 5.56 Å². The molecule has 4 heteroatoms. The molecule has 0 spiro atoms. The molecule has 2 unspecified atom stereocenters. The van der Waals surface area contributed by atoms with Crippen molar-refractivity contribution in [2.45, 2.75) is 38.4 Å². The molecule has 2 N–H and O–H groups in total. The first kappa shape index (κ1) is 12.8. The van der Waals surface area contributed by atoms with Gasteiger partial charge in [-0.1, -0.05) is 6.07 Å². The van der Waals surface area contributed by atoms with E-state index in [1.807, 2.05) is 6.07 Å². The van der Waals surface area contributed by atoms with Crippen molar-refractivity contribution >= 4 is 0 Å². The van der Waals surface area contributed by atoms with Crippen LogP contribution in [0.4, 0.5) is 0 Å². The Morgan fingerprint density at radius 1 is 1.26 bits per heavy atom. The number of likely N-dealkylation sites (tertiary alicyclic amines) is 1. The van der Waals surface area contributed by atoms with Gasteiger partial charge in [0.15, 0.2) is 11.5 Å². The zero-order valence-corrected chi connectivity index (χ0v) is 11.5. The largest absolute Gasteiger partial charge is 0.486 e. The molecule has 0 radical (unpaired) electrons. The second-order valence-corrected chi connectivity index (χ2v) is 5.58. The molecular formula is C15H22N2O2. The summed E-state index contributed by atoms with van der Waals surface area (Å²) in [6.45, 7) is 5.59. The van der Waals surface area contributed by atoms with Crippen LogP contribution in [0.5, 0.6) is 11.5 Å². The van der Waals surface area contributed by atoms with Crippen molar-refractivity contribution < 1.29 is 9.47 Å². The highest BCUT2D eigenvalue weighted by molar-refractivity contribution is 5.43. The van der Waals surface area contributed by atoms with Gasteiger partial charge in [0.05, 0.1) is 0 Å². The van der Waals surface area contributed by atoms with Crippen LogP contribution in [0.15, 0.2) is 18.2 Å². The van der Waals surface area contributed by atoms with Crippen LogP contribution in [0.25, 0.3) is 0 Å². The summed E-state index contributed by atoms with van der Waals surface area (Å²) in [7, 11) is 0. The number of nitrogens with zero attached hydrogens (tertiary/aromatic N) is 1. The number of ether oxygens (including phenoxy) is 2. The molecule has 4 nitrogen and oxygen atoms in total. The maximum Gasteiger partial charge on any atom is 0.161 e. The van der Waals surface area contributed by atoms with Gasteiger partial charge in [0.25, 0.3) is 0 Å². The van der Waals surface area contributed by atoms with Crippen LogP contribution in [-0.2, 0) is 6.54 Å². The monoisotopic (exact) mass is 262 g/mol. The van der Waals surface area contributed by atoms with Gasteiger partial charge in [0.1, 0.15) is 13.2 Å². The number of rotatable bonds is 2. The Kier molecular flexibility index (Phi) is 3.62. The van der Waals surface area contributed by atoms with Gasteiger partial charge in [-0.15, -0.1) is 0 Å². The zero-order valence-electron chi connectivity index (χ0n) is 11.5. The number of piperidine rings is 1. The van der Waals surface area contributed by atoms with Crippen LogP contribution in [0, 0.1) is 0 Å². The predicted molar refractivity (Wildman–Crippen MR) is 74.5 cm³/mol. The van der Waals surface area contributed by atoms with Gasteiger partial charge < -0.3 is 15.2 Å². The van der Waals surface area contributed by atoms with E-state index >= 15 is 0 Å². The lowest BCUT2D eigenvalue weighted by molar-refractivity contribution is 0.139. The number of hydrogen-bond acceptors (Lipinski definition) is 4. The molecule has 1 fully saturated rings. The van der Waals surface area contributed by atoms with E-state index in [0.29, 0.717) is 25.3 Å². The van der Waals surface area contributed by atoms with Gasteiger partial charge in [-0.3, -0.25) is 4.90 Å². The Balaban J connectivity index is 1.69. The fraction of sp³-hybridized carbons (Fsp3) is 0.600. The molecule has 0 aliphatic carbocycles. The summed E-state index contributed by atoms with van der Waals surface area (Å²) in [5.74, 6) is 1.74. The summed E-state index contributed by atoms with van der Waals surface area (Å²) in [4.78, 5) is 2.49. The zero-order chi connectivity index (χ0) is 13.2. The number of benzene rings is 1. The molecule has 2 atom stereocenters. The van der Waals surface area contributed by atoms with Gasteiger partial charge in [-0.2, -0.15) is 0 Å². The van der Waals surface area contributed by atoms with Crippen molar-refractivity contribution in [2.75, 3.05) is 19.8 Å². The van der Waals surface area contributed by atoms with Gasteiger partial charge in [0, 0.05) is 25.2 Å². The summed E-state index contributed by atoms with van der Waals surface area (Å²) >= 11 is 0. The third-order valence-corrected chi connectivity index (χ3v) is 4.05. The molecule has 0 aromatic heterocycles. The Bertz CT molecular complexity index is 450. The molecule has 2 aliphatic rings. The van der Waals surface area contributed by atoms with Crippen LogP contribution < -0.4 is 15.2 Å². The fourth-order valence-electron chi connectivity index (χ4n) is 2.91. The van der Waals surface area contributed by atoms with Gasteiger partial charge in [0.2, 0.25) is 0 Å². The Morgan fingerprint density at radius 3 is 2.84 bits per heavy atom. The minimum absolute atomic E-state index is 0.367. The summed E-state index contributed by atoms with van der Waals surface area (Å²) in [5, 5.41) is 0. The van der Waals surface area contributed by atoms with E-state index in [-0.39, 0.29) is 0 Å². The van der Waals surface area contributed by atoms with E-state index < -0.39 is 0 Å². The Morgan fingerprint density at radius 2 is 2.05 bits per heavy atom. The molecule has 0 saturated carbocycles. The molecule has 1 saturated heterocycles. The second kappa shape index (κ2) is 5.39.